The van der Waals surface area contributed by atoms with Gasteiger partial charge in [0, 0.05) is 7.05 Å². The summed E-state index contributed by atoms with van der Waals surface area (Å²) in [5, 5.41) is 7.94. The van der Waals surface area contributed by atoms with Crippen molar-refractivity contribution in [1.82, 2.24) is 15.0 Å². The Hall–Kier alpha value is -1.38. The zero-order chi connectivity index (χ0) is 8.55. The first kappa shape index (κ1) is 7.28. The summed E-state index contributed by atoms with van der Waals surface area (Å²) in [6.07, 6.45) is 1.06. The molecule has 0 aliphatic carbocycles. The summed E-state index contributed by atoms with van der Waals surface area (Å²) in [7, 11) is 1.91. The molecular formula is C9H11N3. The van der Waals surface area contributed by atoms with Gasteiger partial charge in [0.25, 0.3) is 0 Å². The Morgan fingerprint density at radius 3 is 3.00 bits per heavy atom. The van der Waals surface area contributed by atoms with Crippen LogP contribution in [0.4, 0.5) is 0 Å². The van der Waals surface area contributed by atoms with Gasteiger partial charge in [0.05, 0.1) is 5.52 Å². The minimum absolute atomic E-state index is 0.967. The summed E-state index contributed by atoms with van der Waals surface area (Å²) in [4.78, 5) is 0. The molecule has 0 aliphatic heterocycles. The first-order valence-corrected chi connectivity index (χ1v) is 4.09. The molecule has 1 aromatic heterocycles. The van der Waals surface area contributed by atoms with Crippen molar-refractivity contribution in [1.29, 1.82) is 0 Å². The van der Waals surface area contributed by atoms with Crippen LogP contribution in [0.15, 0.2) is 18.2 Å². The molecule has 0 aliphatic rings. The minimum Gasteiger partial charge on any atom is -0.248 e. The number of aryl methyl sites for hydroxylation is 2. The highest BCUT2D eigenvalue weighted by Gasteiger charge is 2.00. The van der Waals surface area contributed by atoms with Crippen molar-refractivity contribution in [2.75, 3.05) is 0 Å². The third-order valence-electron chi connectivity index (χ3n) is 2.08. The summed E-state index contributed by atoms with van der Waals surface area (Å²) in [5.74, 6) is 0. The van der Waals surface area contributed by atoms with Crippen LogP contribution in [0.5, 0.6) is 0 Å². The van der Waals surface area contributed by atoms with E-state index in [-0.39, 0.29) is 0 Å². The van der Waals surface area contributed by atoms with Crippen LogP contribution in [0.25, 0.3) is 11.0 Å². The van der Waals surface area contributed by atoms with Crippen LogP contribution in [0.2, 0.25) is 0 Å². The predicted octanol–water partition coefficient (Wildman–Crippen LogP) is 1.53. The van der Waals surface area contributed by atoms with E-state index < -0.39 is 0 Å². The molecule has 0 spiro atoms. The zero-order valence-electron chi connectivity index (χ0n) is 7.28. The molecule has 2 aromatic rings. The number of rotatable bonds is 1. The average molecular weight is 161 g/mol. The van der Waals surface area contributed by atoms with Gasteiger partial charge in [0.2, 0.25) is 0 Å². The number of hydrogen-bond donors (Lipinski definition) is 0. The Balaban J connectivity index is 2.71. The van der Waals surface area contributed by atoms with Gasteiger partial charge >= 0.3 is 0 Å². The van der Waals surface area contributed by atoms with Crippen molar-refractivity contribution in [2.24, 2.45) is 7.05 Å². The molecule has 2 rings (SSSR count). The van der Waals surface area contributed by atoms with Gasteiger partial charge < -0.3 is 0 Å². The summed E-state index contributed by atoms with van der Waals surface area (Å²) in [6, 6.07) is 6.24. The fraction of sp³-hybridized carbons (Fsp3) is 0.333. The van der Waals surface area contributed by atoms with E-state index in [1.54, 1.807) is 4.68 Å². The normalized spacial score (nSPS) is 10.8. The molecule has 0 atom stereocenters. The van der Waals surface area contributed by atoms with E-state index >= 15 is 0 Å². The minimum atomic E-state index is 0.967. The van der Waals surface area contributed by atoms with Gasteiger partial charge in [0.1, 0.15) is 5.52 Å². The molecule has 12 heavy (non-hydrogen) atoms. The maximum atomic E-state index is 4.01. The Kier molecular flexibility index (Phi) is 1.57. The molecule has 0 saturated carbocycles. The van der Waals surface area contributed by atoms with E-state index in [9.17, 15) is 0 Å². The van der Waals surface area contributed by atoms with Gasteiger partial charge in [-0.3, -0.25) is 0 Å². The molecule has 0 radical (unpaired) electrons. The van der Waals surface area contributed by atoms with Crippen molar-refractivity contribution in [3.63, 3.8) is 0 Å². The number of benzene rings is 1. The molecule has 0 amide bonds. The lowest BCUT2D eigenvalue weighted by atomic mass is 10.1. The molecule has 0 bridgehead atoms. The number of hydrogen-bond acceptors (Lipinski definition) is 2. The highest BCUT2D eigenvalue weighted by molar-refractivity contribution is 5.74. The summed E-state index contributed by atoms with van der Waals surface area (Å²) in [6.45, 7) is 2.14. The van der Waals surface area contributed by atoms with Crippen LogP contribution in [0.3, 0.4) is 0 Å². The molecule has 0 unspecified atom stereocenters. The van der Waals surface area contributed by atoms with E-state index in [1.807, 2.05) is 13.1 Å². The third-order valence-corrected chi connectivity index (χ3v) is 2.08. The quantitative estimate of drug-likeness (QED) is 0.635. The van der Waals surface area contributed by atoms with Crippen LogP contribution < -0.4 is 0 Å². The lowest BCUT2D eigenvalue weighted by Gasteiger charge is -1.95. The molecule has 62 valence electrons. The van der Waals surface area contributed by atoms with Crippen molar-refractivity contribution in [3.05, 3.63) is 23.8 Å². The second kappa shape index (κ2) is 2.59. The Labute approximate surface area is 71.0 Å². The van der Waals surface area contributed by atoms with E-state index in [0.29, 0.717) is 0 Å². The van der Waals surface area contributed by atoms with Crippen LogP contribution in [-0.2, 0) is 13.5 Å². The van der Waals surface area contributed by atoms with Crippen LogP contribution >= 0.6 is 0 Å². The highest BCUT2D eigenvalue weighted by atomic mass is 15.4. The van der Waals surface area contributed by atoms with Gasteiger partial charge in [-0.2, -0.15) is 0 Å². The largest absolute Gasteiger partial charge is 0.248 e. The monoisotopic (exact) mass is 161 g/mol. The van der Waals surface area contributed by atoms with E-state index in [1.165, 1.54) is 5.56 Å². The zero-order valence-corrected chi connectivity index (χ0v) is 7.28. The van der Waals surface area contributed by atoms with E-state index in [2.05, 4.69) is 29.4 Å². The molecule has 3 nitrogen and oxygen atoms in total. The van der Waals surface area contributed by atoms with Gasteiger partial charge in [-0.25, -0.2) is 4.68 Å². The first-order chi connectivity index (χ1) is 5.81. The van der Waals surface area contributed by atoms with Crippen molar-refractivity contribution < 1.29 is 0 Å². The molecule has 1 heterocycles. The number of aromatic nitrogens is 3. The van der Waals surface area contributed by atoms with Crippen molar-refractivity contribution in [2.45, 2.75) is 13.3 Å². The lowest BCUT2D eigenvalue weighted by molar-refractivity contribution is 0.736. The van der Waals surface area contributed by atoms with Gasteiger partial charge in [-0.1, -0.05) is 18.2 Å². The maximum absolute atomic E-state index is 4.01. The smallest absolute Gasteiger partial charge is 0.113 e. The maximum Gasteiger partial charge on any atom is 0.113 e. The van der Waals surface area contributed by atoms with Crippen LogP contribution in [0.1, 0.15) is 12.5 Å². The van der Waals surface area contributed by atoms with Gasteiger partial charge in [-0.05, 0) is 24.1 Å². The predicted molar refractivity (Wildman–Crippen MR) is 47.9 cm³/mol. The second-order valence-electron chi connectivity index (χ2n) is 2.89. The number of fused-ring (bicyclic) bond motifs is 1. The molecule has 1 aromatic carbocycles. The number of nitrogens with zero attached hydrogens (tertiary/aromatic N) is 3. The second-order valence-corrected chi connectivity index (χ2v) is 2.89. The summed E-state index contributed by atoms with van der Waals surface area (Å²) in [5.41, 5.74) is 3.40. The standard InChI is InChI=1S/C9H11N3/c1-3-7-4-5-8-9(6-7)12(2)11-10-8/h4-6H,3H2,1-2H3. The average Bonchev–Trinajstić information content (AvgIpc) is 2.47. The SMILES string of the molecule is CCc1ccc2nnn(C)c2c1. The van der Waals surface area contributed by atoms with Crippen LogP contribution in [-0.4, -0.2) is 15.0 Å². The van der Waals surface area contributed by atoms with E-state index in [0.717, 1.165) is 17.5 Å². The molecule has 3 heteroatoms. The Morgan fingerprint density at radius 2 is 2.25 bits per heavy atom. The first-order valence-electron chi connectivity index (χ1n) is 4.09. The molecular weight excluding hydrogens is 150 g/mol. The fourth-order valence-corrected chi connectivity index (χ4v) is 1.30. The van der Waals surface area contributed by atoms with Crippen LogP contribution in [0, 0.1) is 0 Å². The topological polar surface area (TPSA) is 30.7 Å². The Bertz CT molecular complexity index is 403. The lowest BCUT2D eigenvalue weighted by Crippen LogP contribution is -1.90. The molecule has 0 N–H and O–H groups in total. The summed E-state index contributed by atoms with van der Waals surface area (Å²) >= 11 is 0. The van der Waals surface area contributed by atoms with Crippen molar-refractivity contribution in [3.8, 4) is 0 Å². The third kappa shape index (κ3) is 0.978. The van der Waals surface area contributed by atoms with E-state index in [4.69, 9.17) is 0 Å². The summed E-state index contributed by atoms with van der Waals surface area (Å²) < 4.78 is 1.80. The molecule has 0 saturated heterocycles. The highest BCUT2D eigenvalue weighted by Crippen LogP contribution is 2.12. The molecule has 0 fully saturated rings. The Morgan fingerprint density at radius 1 is 1.42 bits per heavy atom. The van der Waals surface area contributed by atoms with Gasteiger partial charge in [-0.15, -0.1) is 5.10 Å². The fourth-order valence-electron chi connectivity index (χ4n) is 1.30. The van der Waals surface area contributed by atoms with Gasteiger partial charge in [0.15, 0.2) is 0 Å². The van der Waals surface area contributed by atoms with Crippen molar-refractivity contribution >= 4 is 11.0 Å².